The van der Waals surface area contributed by atoms with Gasteiger partial charge in [-0.2, -0.15) is 0 Å². The monoisotopic (exact) mass is 281 g/mol. The second-order valence-corrected chi connectivity index (χ2v) is 7.56. The van der Waals surface area contributed by atoms with Crippen LogP contribution < -0.4 is 5.73 Å². The molecule has 0 amide bonds. The molecule has 0 aromatic heterocycles. The molecule has 20 heavy (non-hydrogen) atoms. The third-order valence-corrected chi connectivity index (χ3v) is 6.14. The molecule has 1 aliphatic heterocycles. The molecule has 0 aromatic carbocycles. The number of hydrogen-bond donors (Lipinski definition) is 1. The van der Waals surface area contributed by atoms with Crippen molar-refractivity contribution in [1.82, 2.24) is 9.80 Å². The van der Waals surface area contributed by atoms with Crippen molar-refractivity contribution in [2.45, 2.75) is 64.0 Å². The van der Waals surface area contributed by atoms with Crippen LogP contribution in [-0.4, -0.2) is 55.1 Å². The first-order chi connectivity index (χ1) is 9.51. The van der Waals surface area contributed by atoms with Crippen LogP contribution in [0.25, 0.3) is 0 Å². The Morgan fingerprint density at radius 1 is 1.25 bits per heavy atom. The van der Waals surface area contributed by atoms with Gasteiger partial charge in [-0.3, -0.25) is 4.90 Å². The van der Waals surface area contributed by atoms with E-state index in [-0.39, 0.29) is 5.54 Å². The molecule has 1 saturated heterocycles. The van der Waals surface area contributed by atoms with Crippen LogP contribution in [0.15, 0.2) is 0 Å². The fraction of sp³-hybridized carbons (Fsp3) is 1.00. The highest BCUT2D eigenvalue weighted by Gasteiger charge is 2.44. The van der Waals surface area contributed by atoms with Gasteiger partial charge >= 0.3 is 0 Å². The van der Waals surface area contributed by atoms with Gasteiger partial charge in [-0.25, -0.2) is 0 Å². The molecule has 1 saturated carbocycles. The number of nitrogens with zero attached hydrogens (tertiary/aromatic N) is 2. The predicted octanol–water partition coefficient (Wildman–Crippen LogP) is 2.56. The van der Waals surface area contributed by atoms with Crippen molar-refractivity contribution < 1.29 is 0 Å². The Labute approximate surface area is 125 Å². The third-order valence-electron chi connectivity index (χ3n) is 6.14. The zero-order valence-electron chi connectivity index (χ0n) is 14.1. The molecule has 0 aromatic rings. The molecule has 3 atom stereocenters. The summed E-state index contributed by atoms with van der Waals surface area (Å²) in [6.45, 7) is 8.05. The summed E-state index contributed by atoms with van der Waals surface area (Å²) in [6, 6.07) is 0.734. The van der Waals surface area contributed by atoms with E-state index in [1.54, 1.807) is 0 Å². The third kappa shape index (κ3) is 3.05. The zero-order valence-corrected chi connectivity index (χ0v) is 14.1. The van der Waals surface area contributed by atoms with Gasteiger partial charge < -0.3 is 10.6 Å². The molecular formula is C17H35N3. The van der Waals surface area contributed by atoms with Crippen LogP contribution in [0.2, 0.25) is 0 Å². The Morgan fingerprint density at radius 2 is 2.00 bits per heavy atom. The van der Waals surface area contributed by atoms with E-state index in [4.69, 9.17) is 5.73 Å². The van der Waals surface area contributed by atoms with Crippen molar-refractivity contribution in [3.63, 3.8) is 0 Å². The minimum atomic E-state index is 0.246. The lowest BCUT2D eigenvalue weighted by atomic mass is 9.67. The Morgan fingerprint density at radius 3 is 2.55 bits per heavy atom. The van der Waals surface area contributed by atoms with Gasteiger partial charge in [-0.1, -0.05) is 26.7 Å². The van der Waals surface area contributed by atoms with E-state index in [1.807, 2.05) is 0 Å². The van der Waals surface area contributed by atoms with E-state index >= 15 is 0 Å². The molecule has 2 aliphatic rings. The lowest BCUT2D eigenvalue weighted by Crippen LogP contribution is -2.61. The van der Waals surface area contributed by atoms with E-state index in [1.165, 1.54) is 51.6 Å². The molecule has 2 fully saturated rings. The average Bonchev–Trinajstić information content (AvgIpc) is 2.83. The van der Waals surface area contributed by atoms with E-state index in [0.717, 1.165) is 24.4 Å². The van der Waals surface area contributed by atoms with Gasteiger partial charge in [0, 0.05) is 24.7 Å². The number of likely N-dealkylation sites (tertiary alicyclic amines) is 1. The summed E-state index contributed by atoms with van der Waals surface area (Å²) in [4.78, 5) is 5.18. The molecule has 0 bridgehead atoms. The van der Waals surface area contributed by atoms with Gasteiger partial charge in [-0.15, -0.1) is 0 Å². The molecular weight excluding hydrogens is 246 g/mol. The van der Waals surface area contributed by atoms with Crippen molar-refractivity contribution in [3.8, 4) is 0 Å². The van der Waals surface area contributed by atoms with E-state index < -0.39 is 0 Å². The Kier molecular flexibility index (Phi) is 5.49. The second kappa shape index (κ2) is 6.76. The largest absolute Gasteiger partial charge is 0.329 e. The Balaban J connectivity index is 2.10. The standard InChI is InChI=1S/C17H35N3/c1-14(2)16-9-5-6-10-17(16,13-18)20(4)12-15-8-7-11-19(15)3/h14-16H,5-13,18H2,1-4H3. The van der Waals surface area contributed by atoms with Crippen molar-refractivity contribution in [1.29, 1.82) is 0 Å². The molecule has 0 spiro atoms. The van der Waals surface area contributed by atoms with Crippen molar-refractivity contribution in [2.24, 2.45) is 17.6 Å². The molecule has 118 valence electrons. The minimum Gasteiger partial charge on any atom is -0.329 e. The summed E-state index contributed by atoms with van der Waals surface area (Å²) in [5, 5.41) is 0. The van der Waals surface area contributed by atoms with Crippen LogP contribution in [0, 0.1) is 11.8 Å². The maximum Gasteiger partial charge on any atom is 0.0359 e. The maximum absolute atomic E-state index is 6.32. The summed E-state index contributed by atoms with van der Waals surface area (Å²) in [6.07, 6.45) is 8.11. The summed E-state index contributed by atoms with van der Waals surface area (Å²) < 4.78 is 0. The fourth-order valence-corrected chi connectivity index (χ4v) is 4.79. The van der Waals surface area contributed by atoms with Gasteiger partial charge in [0.25, 0.3) is 0 Å². The van der Waals surface area contributed by atoms with Crippen LogP contribution in [0.1, 0.15) is 52.4 Å². The van der Waals surface area contributed by atoms with Gasteiger partial charge in [0.2, 0.25) is 0 Å². The molecule has 2 N–H and O–H groups in total. The van der Waals surface area contributed by atoms with Crippen molar-refractivity contribution >= 4 is 0 Å². The minimum absolute atomic E-state index is 0.246. The lowest BCUT2D eigenvalue weighted by Gasteiger charge is -2.52. The summed E-state index contributed by atoms with van der Waals surface area (Å²) in [5.74, 6) is 1.50. The highest BCUT2D eigenvalue weighted by Crippen LogP contribution is 2.41. The summed E-state index contributed by atoms with van der Waals surface area (Å²) >= 11 is 0. The molecule has 1 heterocycles. The van der Waals surface area contributed by atoms with Crippen molar-refractivity contribution in [3.05, 3.63) is 0 Å². The number of rotatable bonds is 5. The van der Waals surface area contributed by atoms with Gasteiger partial charge in [0.1, 0.15) is 0 Å². The zero-order chi connectivity index (χ0) is 14.8. The van der Waals surface area contributed by atoms with Crippen LogP contribution in [-0.2, 0) is 0 Å². The first-order valence-electron chi connectivity index (χ1n) is 8.63. The quantitative estimate of drug-likeness (QED) is 0.840. The van der Waals surface area contributed by atoms with Gasteiger partial charge in [0.05, 0.1) is 0 Å². The summed E-state index contributed by atoms with van der Waals surface area (Å²) in [7, 11) is 4.61. The van der Waals surface area contributed by atoms with Crippen LogP contribution in [0.4, 0.5) is 0 Å². The normalized spacial score (nSPS) is 36.1. The van der Waals surface area contributed by atoms with E-state index in [0.29, 0.717) is 0 Å². The number of hydrogen-bond acceptors (Lipinski definition) is 3. The predicted molar refractivity (Wildman–Crippen MR) is 86.9 cm³/mol. The topological polar surface area (TPSA) is 32.5 Å². The smallest absolute Gasteiger partial charge is 0.0359 e. The SMILES string of the molecule is CC(C)C1CCCCC1(CN)N(C)CC1CCCN1C. The Hall–Kier alpha value is -0.120. The molecule has 3 unspecified atom stereocenters. The van der Waals surface area contributed by atoms with E-state index in [9.17, 15) is 0 Å². The maximum atomic E-state index is 6.32. The van der Waals surface area contributed by atoms with Gasteiger partial charge in [-0.05, 0) is 58.2 Å². The first-order valence-corrected chi connectivity index (χ1v) is 8.63. The van der Waals surface area contributed by atoms with Crippen molar-refractivity contribution in [2.75, 3.05) is 33.7 Å². The highest BCUT2D eigenvalue weighted by molar-refractivity contribution is 5.01. The number of likely N-dealkylation sites (N-methyl/N-ethyl adjacent to an activating group) is 2. The molecule has 2 rings (SSSR count). The molecule has 3 nitrogen and oxygen atoms in total. The average molecular weight is 281 g/mol. The molecule has 1 aliphatic carbocycles. The van der Waals surface area contributed by atoms with E-state index in [2.05, 4.69) is 37.7 Å². The second-order valence-electron chi connectivity index (χ2n) is 7.56. The lowest BCUT2D eigenvalue weighted by molar-refractivity contribution is -0.00718. The first kappa shape index (κ1) is 16.3. The fourth-order valence-electron chi connectivity index (χ4n) is 4.79. The van der Waals surface area contributed by atoms with Crippen LogP contribution in [0.5, 0.6) is 0 Å². The number of nitrogens with two attached hydrogens (primary N) is 1. The molecule has 0 radical (unpaired) electrons. The highest BCUT2D eigenvalue weighted by atomic mass is 15.3. The molecule has 3 heteroatoms. The van der Waals surface area contributed by atoms with Crippen LogP contribution >= 0.6 is 0 Å². The summed E-state index contributed by atoms with van der Waals surface area (Å²) in [5.41, 5.74) is 6.57. The Bertz CT molecular complexity index is 305. The van der Waals surface area contributed by atoms with Crippen LogP contribution in [0.3, 0.4) is 0 Å². The van der Waals surface area contributed by atoms with Gasteiger partial charge in [0.15, 0.2) is 0 Å².